The summed E-state index contributed by atoms with van der Waals surface area (Å²) < 4.78 is 25.8. The van der Waals surface area contributed by atoms with Gasteiger partial charge >= 0.3 is 10.0 Å². The zero-order valence-electron chi connectivity index (χ0n) is 6.13. The van der Waals surface area contributed by atoms with E-state index in [0.29, 0.717) is 0 Å². The molecule has 6 nitrogen and oxygen atoms in total. The molecule has 0 radical (unpaired) electrons. The average Bonchev–Trinajstić information content (AvgIpc) is 2.35. The molecule has 0 N–H and O–H groups in total. The Bertz CT molecular complexity index is 427. The molecule has 0 saturated heterocycles. The van der Waals surface area contributed by atoms with Gasteiger partial charge in [0, 0.05) is 7.05 Å². The van der Waals surface area contributed by atoms with Crippen LogP contribution in [-0.2, 0) is 21.9 Å². The molecule has 0 fully saturated rings. The normalized spacial score (nSPS) is 10.8. The fourth-order valence-corrected chi connectivity index (χ4v) is 1.52. The molecule has 0 aromatic carbocycles. The Morgan fingerprint density at radius 3 is 2.75 bits per heavy atom. The van der Waals surface area contributed by atoms with E-state index in [1.807, 2.05) is 0 Å². The van der Waals surface area contributed by atoms with Crippen LogP contribution in [0.25, 0.3) is 0 Å². The van der Waals surface area contributed by atoms with Gasteiger partial charge in [-0.25, -0.2) is 4.79 Å². The zero-order chi connectivity index (χ0) is 9.19. The standard InChI is InChI=1S/C5H5N3O3S/c1-8-5(2-3-6-8)12(10,11)7-4-9/h2-3H,1H3. The second kappa shape index (κ2) is 2.88. The number of aromatic nitrogens is 2. The number of hydrogen-bond donors (Lipinski definition) is 0. The van der Waals surface area contributed by atoms with Crippen LogP contribution in [0.5, 0.6) is 0 Å². The maximum atomic E-state index is 11.0. The summed E-state index contributed by atoms with van der Waals surface area (Å²) in [7, 11) is -2.46. The van der Waals surface area contributed by atoms with Gasteiger partial charge in [0.05, 0.1) is 6.20 Å². The van der Waals surface area contributed by atoms with Gasteiger partial charge in [-0.1, -0.05) is 4.40 Å². The molecule has 0 atom stereocenters. The molecule has 0 aliphatic heterocycles. The van der Waals surface area contributed by atoms with E-state index in [9.17, 15) is 13.2 Å². The van der Waals surface area contributed by atoms with E-state index in [2.05, 4.69) is 9.50 Å². The summed E-state index contributed by atoms with van der Waals surface area (Å²) >= 11 is 0. The quantitative estimate of drug-likeness (QED) is 0.459. The molecule has 0 aliphatic rings. The van der Waals surface area contributed by atoms with Crippen molar-refractivity contribution in [2.45, 2.75) is 5.03 Å². The molecular formula is C5H5N3O3S. The summed E-state index contributed by atoms with van der Waals surface area (Å²) in [5.74, 6) is 0. The first-order valence-corrected chi connectivity index (χ1v) is 4.34. The average molecular weight is 187 g/mol. The molecule has 0 aliphatic carbocycles. The maximum Gasteiger partial charge on any atom is 0.309 e. The molecule has 64 valence electrons. The fraction of sp³-hybridized carbons (Fsp3) is 0.200. The largest absolute Gasteiger partial charge is 0.309 e. The Morgan fingerprint density at radius 1 is 1.67 bits per heavy atom. The van der Waals surface area contributed by atoms with Crippen molar-refractivity contribution in [3.63, 3.8) is 0 Å². The van der Waals surface area contributed by atoms with Crippen molar-refractivity contribution in [3.05, 3.63) is 12.3 Å². The van der Waals surface area contributed by atoms with E-state index in [0.717, 1.165) is 10.8 Å². The molecule has 1 heterocycles. The Morgan fingerprint density at radius 2 is 2.33 bits per heavy atom. The fourth-order valence-electron chi connectivity index (χ4n) is 0.711. The molecule has 0 saturated carbocycles. The minimum Gasteiger partial charge on any atom is -0.256 e. The van der Waals surface area contributed by atoms with Gasteiger partial charge in [0.15, 0.2) is 5.03 Å². The highest BCUT2D eigenvalue weighted by atomic mass is 32.2. The second-order valence-electron chi connectivity index (χ2n) is 1.95. The topological polar surface area (TPSA) is 81.4 Å². The number of isocyanates is 1. The first-order valence-electron chi connectivity index (χ1n) is 2.90. The third-order valence-corrected chi connectivity index (χ3v) is 2.44. The second-order valence-corrected chi connectivity index (χ2v) is 3.50. The molecule has 1 rings (SSSR count). The highest BCUT2D eigenvalue weighted by Gasteiger charge is 2.15. The van der Waals surface area contributed by atoms with Gasteiger partial charge in [-0.3, -0.25) is 4.68 Å². The van der Waals surface area contributed by atoms with Crippen molar-refractivity contribution >= 4 is 16.1 Å². The smallest absolute Gasteiger partial charge is 0.256 e. The summed E-state index contributed by atoms with van der Waals surface area (Å²) in [6.07, 6.45) is 2.27. The molecule has 0 amide bonds. The van der Waals surface area contributed by atoms with E-state index in [-0.39, 0.29) is 5.03 Å². The van der Waals surface area contributed by atoms with Crippen molar-refractivity contribution in [3.8, 4) is 0 Å². The zero-order valence-corrected chi connectivity index (χ0v) is 6.95. The number of nitrogens with zero attached hydrogens (tertiary/aromatic N) is 3. The van der Waals surface area contributed by atoms with Gasteiger partial charge in [0.1, 0.15) is 0 Å². The Labute approximate surface area is 68.6 Å². The van der Waals surface area contributed by atoms with Crippen LogP contribution in [0.3, 0.4) is 0 Å². The predicted molar refractivity (Wildman–Crippen MR) is 38.5 cm³/mol. The third-order valence-electron chi connectivity index (χ3n) is 1.20. The number of aryl methyl sites for hydroxylation is 1. The molecule has 12 heavy (non-hydrogen) atoms. The highest BCUT2D eigenvalue weighted by Crippen LogP contribution is 2.08. The Hall–Kier alpha value is -1.46. The SMILES string of the molecule is Cn1nccc1S(=O)(=O)N=C=O. The van der Waals surface area contributed by atoms with E-state index >= 15 is 0 Å². The number of rotatable bonds is 2. The number of carbonyl (C=O) groups excluding carboxylic acids is 1. The molecule has 0 spiro atoms. The van der Waals surface area contributed by atoms with E-state index in [1.165, 1.54) is 19.3 Å². The molecule has 7 heteroatoms. The first-order chi connectivity index (χ1) is 5.58. The molecule has 1 aromatic rings. The van der Waals surface area contributed by atoms with E-state index in [1.54, 1.807) is 0 Å². The maximum absolute atomic E-state index is 11.0. The Balaban J connectivity index is 3.33. The molecule has 1 aromatic heterocycles. The van der Waals surface area contributed by atoms with Gasteiger partial charge in [0.2, 0.25) is 0 Å². The highest BCUT2D eigenvalue weighted by molar-refractivity contribution is 7.90. The van der Waals surface area contributed by atoms with Gasteiger partial charge in [-0.15, -0.1) is 0 Å². The third kappa shape index (κ3) is 1.41. The van der Waals surface area contributed by atoms with Gasteiger partial charge in [-0.2, -0.15) is 13.5 Å². The molecular weight excluding hydrogens is 182 g/mol. The van der Waals surface area contributed by atoms with Crippen molar-refractivity contribution in [1.82, 2.24) is 9.78 Å². The summed E-state index contributed by atoms with van der Waals surface area (Å²) in [6, 6.07) is 1.25. The van der Waals surface area contributed by atoms with E-state index < -0.39 is 10.0 Å². The lowest BCUT2D eigenvalue weighted by Gasteiger charge is -1.94. The minimum atomic E-state index is -3.90. The van der Waals surface area contributed by atoms with Crippen LogP contribution in [0.2, 0.25) is 0 Å². The molecule has 0 unspecified atom stereocenters. The van der Waals surface area contributed by atoms with Crippen LogP contribution in [0, 0.1) is 0 Å². The lowest BCUT2D eigenvalue weighted by atomic mass is 10.7. The number of sulfonamides is 1. The van der Waals surface area contributed by atoms with Gasteiger partial charge in [0.25, 0.3) is 6.08 Å². The lowest BCUT2D eigenvalue weighted by molar-refractivity contribution is 0.561. The van der Waals surface area contributed by atoms with Crippen molar-refractivity contribution in [1.29, 1.82) is 0 Å². The molecule has 0 bridgehead atoms. The first kappa shape index (κ1) is 8.63. The van der Waals surface area contributed by atoms with Gasteiger partial charge in [-0.05, 0) is 6.07 Å². The summed E-state index contributed by atoms with van der Waals surface area (Å²) in [5, 5.41) is 3.48. The van der Waals surface area contributed by atoms with Crippen LogP contribution in [0.15, 0.2) is 21.7 Å². The van der Waals surface area contributed by atoms with Crippen molar-refractivity contribution in [2.24, 2.45) is 11.4 Å². The summed E-state index contributed by atoms with van der Waals surface area (Å²) in [6.45, 7) is 0. The van der Waals surface area contributed by atoms with Crippen LogP contribution in [0.1, 0.15) is 0 Å². The van der Waals surface area contributed by atoms with Crippen LogP contribution >= 0.6 is 0 Å². The van der Waals surface area contributed by atoms with Crippen LogP contribution in [-0.4, -0.2) is 24.3 Å². The minimum absolute atomic E-state index is 0.133. The van der Waals surface area contributed by atoms with Crippen LogP contribution in [0.4, 0.5) is 0 Å². The van der Waals surface area contributed by atoms with Crippen molar-refractivity contribution in [2.75, 3.05) is 0 Å². The summed E-state index contributed by atoms with van der Waals surface area (Å²) in [4.78, 5) is 9.73. The van der Waals surface area contributed by atoms with E-state index in [4.69, 9.17) is 0 Å². The lowest BCUT2D eigenvalue weighted by Crippen LogP contribution is -2.04. The summed E-state index contributed by atoms with van der Waals surface area (Å²) in [5.41, 5.74) is 0. The van der Waals surface area contributed by atoms with Crippen LogP contribution < -0.4 is 0 Å². The Kier molecular flexibility index (Phi) is 2.07. The monoisotopic (exact) mass is 187 g/mol. The predicted octanol–water partition coefficient (Wildman–Crippen LogP) is -0.555. The van der Waals surface area contributed by atoms with Gasteiger partial charge < -0.3 is 0 Å². The number of hydrogen-bond acceptors (Lipinski definition) is 4. The van der Waals surface area contributed by atoms with Crippen molar-refractivity contribution < 1.29 is 13.2 Å².